The molecule has 1 aliphatic rings. The fourth-order valence-electron chi connectivity index (χ4n) is 4.10. The Kier molecular flexibility index (Phi) is 11.7. The van der Waals surface area contributed by atoms with Gasteiger partial charge in [-0.1, -0.05) is 19.3 Å². The van der Waals surface area contributed by atoms with Crippen LogP contribution in [0.25, 0.3) is 11.3 Å². The maximum Gasteiger partial charge on any atom is 0.411 e. The Hall–Kier alpha value is -3.14. The quantitative estimate of drug-likeness (QED) is 0.465. The Balaban J connectivity index is 0.000000572. The van der Waals surface area contributed by atoms with E-state index in [1.165, 1.54) is 25.3 Å². The van der Waals surface area contributed by atoms with Gasteiger partial charge in [0.25, 0.3) is 0 Å². The fraction of sp³-hybridized carbons (Fsp3) is 0.577. The first-order chi connectivity index (χ1) is 17.1. The van der Waals surface area contributed by atoms with Gasteiger partial charge in [0.2, 0.25) is 0 Å². The lowest BCUT2D eigenvalue weighted by molar-refractivity contribution is 0.125. The molecule has 0 saturated heterocycles. The summed E-state index contributed by atoms with van der Waals surface area (Å²) in [4.78, 5) is 26.2. The van der Waals surface area contributed by atoms with Gasteiger partial charge in [-0.15, -0.1) is 0 Å². The number of nitrogens with one attached hydrogen (secondary N) is 1. The summed E-state index contributed by atoms with van der Waals surface area (Å²) in [5.41, 5.74) is 6.18. The zero-order valence-corrected chi connectivity index (χ0v) is 21.9. The van der Waals surface area contributed by atoms with Crippen molar-refractivity contribution in [2.45, 2.75) is 84.5 Å². The van der Waals surface area contributed by atoms with Crippen molar-refractivity contribution in [2.75, 3.05) is 19.0 Å². The molecule has 0 radical (unpaired) electrons. The van der Waals surface area contributed by atoms with Gasteiger partial charge in [-0.25, -0.2) is 19.0 Å². The van der Waals surface area contributed by atoms with Crippen molar-refractivity contribution in [3.05, 3.63) is 36.0 Å². The molecule has 36 heavy (non-hydrogen) atoms. The van der Waals surface area contributed by atoms with Gasteiger partial charge in [-0.2, -0.15) is 0 Å². The molecule has 3 rings (SSSR count). The van der Waals surface area contributed by atoms with Crippen LogP contribution in [0, 0.1) is 5.82 Å². The number of rotatable bonds is 8. The fourth-order valence-corrected chi connectivity index (χ4v) is 4.10. The summed E-state index contributed by atoms with van der Waals surface area (Å²) in [6.07, 6.45) is 6.01. The summed E-state index contributed by atoms with van der Waals surface area (Å²) in [5, 5.41) is 2.55. The number of amides is 2. The Labute approximate surface area is 212 Å². The lowest BCUT2D eigenvalue weighted by Crippen LogP contribution is -2.18. The Morgan fingerprint density at radius 1 is 1.14 bits per heavy atom. The van der Waals surface area contributed by atoms with Gasteiger partial charge in [-0.05, 0) is 58.7 Å². The van der Waals surface area contributed by atoms with E-state index in [1.807, 2.05) is 0 Å². The molecule has 1 aromatic carbocycles. The lowest BCUT2D eigenvalue weighted by Gasteiger charge is -2.23. The molecule has 200 valence electrons. The van der Waals surface area contributed by atoms with E-state index in [9.17, 15) is 14.0 Å². The van der Waals surface area contributed by atoms with Gasteiger partial charge < -0.3 is 24.5 Å². The van der Waals surface area contributed by atoms with Crippen molar-refractivity contribution < 1.29 is 28.2 Å². The van der Waals surface area contributed by atoms with E-state index >= 15 is 0 Å². The van der Waals surface area contributed by atoms with E-state index in [1.54, 1.807) is 53.1 Å². The number of carbonyl (C=O) groups is 2. The summed E-state index contributed by atoms with van der Waals surface area (Å²) < 4.78 is 31.7. The highest BCUT2D eigenvalue weighted by molar-refractivity contribution is 5.85. The molecule has 1 aromatic heterocycles. The first-order valence-corrected chi connectivity index (χ1v) is 12.4. The van der Waals surface area contributed by atoms with Crippen LogP contribution in [0.3, 0.4) is 0 Å². The summed E-state index contributed by atoms with van der Waals surface area (Å²) in [6.45, 7) is 8.15. The number of carbonyl (C=O) groups excluding carboxylic acids is 2. The number of hydrogen-bond donors (Lipinski definition) is 2. The number of ether oxygens (including phenoxy) is 3. The van der Waals surface area contributed by atoms with E-state index in [-0.39, 0.29) is 12.2 Å². The molecule has 2 aromatic rings. The Bertz CT molecular complexity index is 987. The second kappa shape index (κ2) is 14.4. The summed E-state index contributed by atoms with van der Waals surface area (Å²) in [7, 11) is 1.66. The number of benzene rings is 1. The van der Waals surface area contributed by atoms with Crippen LogP contribution in [0.5, 0.6) is 0 Å². The van der Waals surface area contributed by atoms with E-state index in [0.717, 1.165) is 24.4 Å². The number of halogens is 1. The molecule has 1 fully saturated rings. The summed E-state index contributed by atoms with van der Waals surface area (Å²) in [5.74, 6) is 1.00. The van der Waals surface area contributed by atoms with Crippen molar-refractivity contribution in [3.8, 4) is 11.3 Å². The average molecular weight is 507 g/mol. The lowest BCUT2D eigenvalue weighted by atomic mass is 9.88. The van der Waals surface area contributed by atoms with Crippen molar-refractivity contribution in [1.29, 1.82) is 0 Å². The number of nitrogens with two attached hydrogens (primary N) is 1. The number of anilines is 1. The molecule has 1 aliphatic carbocycles. The van der Waals surface area contributed by atoms with Crippen molar-refractivity contribution in [3.63, 3.8) is 0 Å². The second-order valence-electron chi connectivity index (χ2n) is 9.24. The van der Waals surface area contributed by atoms with Crippen LogP contribution >= 0.6 is 0 Å². The van der Waals surface area contributed by atoms with E-state index in [2.05, 4.69) is 25.3 Å². The molecule has 2 amide bonds. The maximum absolute atomic E-state index is 14.9. The van der Waals surface area contributed by atoms with Crippen molar-refractivity contribution in [2.24, 2.45) is 5.73 Å². The van der Waals surface area contributed by atoms with Crippen LogP contribution in [0.2, 0.25) is 0 Å². The second-order valence-corrected chi connectivity index (χ2v) is 9.24. The molecule has 0 atom stereocenters. The minimum atomic E-state index is -0.713. The van der Waals surface area contributed by atoms with E-state index in [0.29, 0.717) is 30.3 Å². The molecule has 0 bridgehead atoms. The molecule has 0 spiro atoms. The van der Waals surface area contributed by atoms with Gasteiger partial charge >= 0.3 is 12.2 Å². The Morgan fingerprint density at radius 2 is 1.81 bits per heavy atom. The number of imidazole rings is 1. The molecular formula is C26H39FN4O5. The first-order valence-electron chi connectivity index (χ1n) is 12.4. The summed E-state index contributed by atoms with van der Waals surface area (Å²) in [6, 6.07) is 4.66. The van der Waals surface area contributed by atoms with Gasteiger partial charge in [0.1, 0.15) is 11.6 Å². The zero-order valence-electron chi connectivity index (χ0n) is 21.9. The predicted molar refractivity (Wildman–Crippen MR) is 136 cm³/mol. The van der Waals surface area contributed by atoms with Gasteiger partial charge in [0.15, 0.2) is 0 Å². The Morgan fingerprint density at radius 3 is 2.33 bits per heavy atom. The number of methoxy groups -OCH3 is 1. The topological polar surface area (TPSA) is 118 Å². The number of hydrogen-bond acceptors (Lipinski definition) is 6. The molecule has 1 heterocycles. The third-order valence-electron chi connectivity index (χ3n) is 5.56. The minimum absolute atomic E-state index is 0.0995. The third kappa shape index (κ3) is 9.14. The maximum atomic E-state index is 14.9. The normalized spacial score (nSPS) is 13.8. The van der Waals surface area contributed by atoms with Crippen LogP contribution in [0.1, 0.15) is 71.5 Å². The van der Waals surface area contributed by atoms with Gasteiger partial charge in [0.05, 0.1) is 30.7 Å². The smallest absolute Gasteiger partial charge is 0.411 e. The van der Waals surface area contributed by atoms with Crippen molar-refractivity contribution >= 4 is 17.9 Å². The average Bonchev–Trinajstić information content (AvgIpc) is 3.20. The highest BCUT2D eigenvalue weighted by Crippen LogP contribution is 2.35. The molecule has 10 heteroatoms. The predicted octanol–water partition coefficient (Wildman–Crippen LogP) is 5.83. The highest BCUT2D eigenvalue weighted by atomic mass is 19.1. The SMILES string of the molecule is CC(C)OC(N)=O.COCCn1c(-c2ccc(NC(=O)OC(C)C)cc2F)cnc1C1CCCCC1. The van der Waals surface area contributed by atoms with Crippen LogP contribution < -0.4 is 11.1 Å². The third-order valence-corrected chi connectivity index (χ3v) is 5.56. The van der Waals surface area contributed by atoms with Gasteiger partial charge in [0, 0.05) is 30.8 Å². The molecule has 0 aliphatic heterocycles. The molecule has 1 saturated carbocycles. The van der Waals surface area contributed by atoms with Gasteiger partial charge in [-0.3, -0.25) is 5.32 Å². The van der Waals surface area contributed by atoms with Crippen molar-refractivity contribution in [1.82, 2.24) is 9.55 Å². The summed E-state index contributed by atoms with van der Waals surface area (Å²) >= 11 is 0. The van der Waals surface area contributed by atoms with Crippen LogP contribution in [-0.2, 0) is 20.8 Å². The minimum Gasteiger partial charge on any atom is -0.447 e. The monoisotopic (exact) mass is 506 g/mol. The number of nitrogens with zero attached hydrogens (tertiary/aromatic N) is 2. The van der Waals surface area contributed by atoms with E-state index in [4.69, 9.17) is 9.47 Å². The van der Waals surface area contributed by atoms with Crippen LogP contribution in [0.15, 0.2) is 24.4 Å². The molecule has 9 nitrogen and oxygen atoms in total. The zero-order chi connectivity index (χ0) is 26.7. The number of primary amides is 1. The van der Waals surface area contributed by atoms with E-state index < -0.39 is 18.0 Å². The largest absolute Gasteiger partial charge is 0.447 e. The van der Waals surface area contributed by atoms with Crippen LogP contribution in [-0.4, -0.2) is 47.7 Å². The van der Waals surface area contributed by atoms with Crippen LogP contribution in [0.4, 0.5) is 19.7 Å². The molecule has 0 unspecified atom stereocenters. The number of aromatic nitrogens is 2. The first kappa shape index (κ1) is 29.1. The highest BCUT2D eigenvalue weighted by Gasteiger charge is 2.23. The molecule has 3 N–H and O–H groups in total. The standard InChI is InChI=1S/C22H30FN3O3.C4H9NO2/c1-15(2)29-22(27)25-17-9-10-18(19(23)13-17)20-14-24-21(26(20)11-12-28-3)16-7-5-4-6-8-16;1-3(2)7-4(5)6/h9-10,13-16H,4-8,11-12H2,1-3H3,(H,25,27);3H,1-2H3,(H2,5,6). The molecular weight excluding hydrogens is 467 g/mol.